The van der Waals surface area contributed by atoms with Crippen LogP contribution in [0.5, 0.6) is 0 Å². The van der Waals surface area contributed by atoms with Gasteiger partial charge in [0.15, 0.2) is 6.10 Å². The first kappa shape index (κ1) is 11.2. The van der Waals surface area contributed by atoms with Crippen molar-refractivity contribution in [2.75, 3.05) is 12.3 Å². The quantitative estimate of drug-likeness (QED) is 0.414. The van der Waals surface area contributed by atoms with Gasteiger partial charge >= 0.3 is 0 Å². The van der Waals surface area contributed by atoms with Gasteiger partial charge in [-0.25, -0.2) is 0 Å². The van der Waals surface area contributed by atoms with E-state index in [9.17, 15) is 20.1 Å². The second kappa shape index (κ2) is 3.91. The van der Waals surface area contributed by atoms with Gasteiger partial charge in [-0.3, -0.25) is 9.69 Å². The molecular weight excluding hydrogens is 220 g/mol. The average molecular weight is 234 g/mol. The Morgan fingerprint density at radius 3 is 2.73 bits per heavy atom. The molecule has 5 atom stereocenters. The lowest BCUT2D eigenvalue weighted by Crippen LogP contribution is -2.51. The number of aliphatic hydroxyl groups is 3. The predicted molar refractivity (Wildman–Crippen MR) is 54.0 cm³/mol. The number of nitrogens with two attached hydrogens (primary N) is 1. The van der Waals surface area contributed by atoms with Crippen molar-refractivity contribution >= 4 is 17.7 Å². The molecule has 1 amide bonds. The Morgan fingerprint density at radius 2 is 2.13 bits per heavy atom. The summed E-state index contributed by atoms with van der Waals surface area (Å²) in [5.74, 6) is -0.0556. The van der Waals surface area contributed by atoms with Crippen molar-refractivity contribution in [2.24, 2.45) is 5.73 Å². The Kier molecular flexibility index (Phi) is 2.91. The molecule has 0 aromatic rings. The summed E-state index contributed by atoms with van der Waals surface area (Å²) in [4.78, 5) is 12.6. The van der Waals surface area contributed by atoms with Crippen LogP contribution in [-0.4, -0.2) is 68.2 Å². The standard InChI is InChI=1S/C8H14N2O4S/c9-7(14)5(12)3-4(11)6(13)8-10(3)1-2-15-8/h3-6,8,11-13H,1-2H2,(H2,9,14)/t3-,4+,5-,6-,8+/m1/s1. The van der Waals surface area contributed by atoms with Crippen LogP contribution in [0.2, 0.25) is 0 Å². The summed E-state index contributed by atoms with van der Waals surface area (Å²) in [5.41, 5.74) is 4.99. The maximum Gasteiger partial charge on any atom is 0.248 e. The molecule has 0 radical (unpaired) electrons. The van der Waals surface area contributed by atoms with E-state index in [0.717, 1.165) is 5.75 Å². The van der Waals surface area contributed by atoms with Gasteiger partial charge in [-0.05, 0) is 0 Å². The van der Waals surface area contributed by atoms with Gasteiger partial charge in [0.05, 0.1) is 11.4 Å². The summed E-state index contributed by atoms with van der Waals surface area (Å²) in [6.07, 6.45) is -3.49. The van der Waals surface area contributed by atoms with Crippen LogP contribution in [0.1, 0.15) is 0 Å². The summed E-state index contributed by atoms with van der Waals surface area (Å²) < 4.78 is 0. The van der Waals surface area contributed by atoms with Crippen molar-refractivity contribution in [3.05, 3.63) is 0 Å². The van der Waals surface area contributed by atoms with Crippen molar-refractivity contribution < 1.29 is 20.1 Å². The van der Waals surface area contributed by atoms with Gasteiger partial charge in [0, 0.05) is 12.3 Å². The lowest BCUT2D eigenvalue weighted by Gasteiger charge is -2.26. The maximum atomic E-state index is 10.9. The second-order valence-electron chi connectivity index (χ2n) is 3.82. The molecule has 86 valence electrons. The van der Waals surface area contributed by atoms with E-state index in [1.165, 1.54) is 11.8 Å². The highest BCUT2D eigenvalue weighted by Crippen LogP contribution is 2.38. The Bertz CT molecular complexity index is 277. The highest BCUT2D eigenvalue weighted by Gasteiger charge is 2.53. The normalized spacial score (nSPS) is 42.9. The summed E-state index contributed by atoms with van der Waals surface area (Å²) in [5, 5.41) is 28.7. The minimum Gasteiger partial charge on any atom is -0.389 e. The van der Waals surface area contributed by atoms with Crippen molar-refractivity contribution in [2.45, 2.75) is 29.7 Å². The van der Waals surface area contributed by atoms with Gasteiger partial charge in [-0.15, -0.1) is 11.8 Å². The zero-order valence-corrected chi connectivity index (χ0v) is 8.80. The first-order valence-corrected chi connectivity index (χ1v) is 5.80. The lowest BCUT2D eigenvalue weighted by atomic mass is 10.0. The molecular formula is C8H14N2O4S. The van der Waals surface area contributed by atoms with Crippen LogP contribution in [0, 0.1) is 0 Å². The van der Waals surface area contributed by atoms with E-state index in [0.29, 0.717) is 6.54 Å². The molecule has 15 heavy (non-hydrogen) atoms. The van der Waals surface area contributed by atoms with Crippen LogP contribution in [0.25, 0.3) is 0 Å². The monoisotopic (exact) mass is 234 g/mol. The van der Waals surface area contributed by atoms with Crippen LogP contribution in [-0.2, 0) is 4.79 Å². The number of nitrogens with zero attached hydrogens (tertiary/aromatic N) is 1. The second-order valence-corrected chi connectivity index (χ2v) is 5.04. The van der Waals surface area contributed by atoms with Gasteiger partial charge in [0.1, 0.15) is 12.2 Å². The molecule has 2 aliphatic rings. The smallest absolute Gasteiger partial charge is 0.248 e. The first-order valence-electron chi connectivity index (χ1n) is 4.75. The minimum absolute atomic E-state index is 0.237. The molecule has 0 aliphatic carbocycles. The minimum atomic E-state index is -1.43. The molecule has 2 saturated heterocycles. The van der Waals surface area contributed by atoms with Crippen LogP contribution in [0.4, 0.5) is 0 Å². The third-order valence-corrected chi connectivity index (χ3v) is 4.26. The average Bonchev–Trinajstić information content (AvgIpc) is 2.72. The number of hydrogen-bond acceptors (Lipinski definition) is 6. The number of fused-ring (bicyclic) bond motifs is 1. The number of hydrogen-bond donors (Lipinski definition) is 4. The van der Waals surface area contributed by atoms with Gasteiger partial charge < -0.3 is 21.1 Å². The van der Waals surface area contributed by atoms with Crippen molar-refractivity contribution in [3.8, 4) is 0 Å². The van der Waals surface area contributed by atoms with Crippen molar-refractivity contribution in [1.29, 1.82) is 0 Å². The summed E-state index contributed by atoms with van der Waals surface area (Å²) in [6, 6.07) is -0.780. The number of carbonyl (C=O) groups excluding carboxylic acids is 1. The molecule has 0 aromatic heterocycles. The van der Waals surface area contributed by atoms with Crippen molar-refractivity contribution in [3.63, 3.8) is 0 Å². The number of amides is 1. The Labute approximate surface area is 91.0 Å². The van der Waals surface area contributed by atoms with Crippen molar-refractivity contribution in [1.82, 2.24) is 4.90 Å². The fraction of sp³-hybridized carbons (Fsp3) is 0.875. The van der Waals surface area contributed by atoms with E-state index in [-0.39, 0.29) is 5.37 Å². The predicted octanol–water partition coefficient (Wildman–Crippen LogP) is -2.69. The number of thioether (sulfide) groups is 1. The van der Waals surface area contributed by atoms with Crippen LogP contribution >= 0.6 is 11.8 Å². The zero-order valence-electron chi connectivity index (χ0n) is 7.98. The SMILES string of the molecule is NC(=O)[C@H](O)[C@H]1[C@H](O)[C@@H](O)[C@@H]2SCCN12. The molecule has 2 aliphatic heterocycles. The maximum absolute atomic E-state index is 10.9. The van der Waals surface area contributed by atoms with Gasteiger partial charge in [-0.1, -0.05) is 0 Å². The fourth-order valence-corrected chi connectivity index (χ4v) is 3.57. The molecule has 0 bridgehead atoms. The molecule has 2 rings (SSSR count). The summed E-state index contributed by atoms with van der Waals surface area (Å²) >= 11 is 1.51. The van der Waals surface area contributed by atoms with Gasteiger partial charge in [0.2, 0.25) is 5.91 Å². The van der Waals surface area contributed by atoms with Gasteiger partial charge in [-0.2, -0.15) is 0 Å². The number of primary amides is 1. The number of rotatable bonds is 2. The first-order chi connectivity index (χ1) is 7.04. The highest BCUT2D eigenvalue weighted by atomic mass is 32.2. The van der Waals surface area contributed by atoms with E-state index in [4.69, 9.17) is 5.73 Å². The highest BCUT2D eigenvalue weighted by molar-refractivity contribution is 8.00. The van der Waals surface area contributed by atoms with Crippen LogP contribution in [0.3, 0.4) is 0 Å². The molecule has 0 spiro atoms. The van der Waals surface area contributed by atoms with E-state index >= 15 is 0 Å². The van der Waals surface area contributed by atoms with E-state index in [1.807, 2.05) is 0 Å². The molecule has 6 nitrogen and oxygen atoms in total. The Balaban J connectivity index is 2.20. The van der Waals surface area contributed by atoms with E-state index in [1.54, 1.807) is 4.90 Å². The molecule has 2 fully saturated rings. The molecule has 0 unspecified atom stereocenters. The van der Waals surface area contributed by atoms with Gasteiger partial charge in [0.25, 0.3) is 0 Å². The number of carbonyl (C=O) groups is 1. The molecule has 0 saturated carbocycles. The van der Waals surface area contributed by atoms with E-state index < -0.39 is 30.3 Å². The third-order valence-electron chi connectivity index (χ3n) is 2.95. The Morgan fingerprint density at radius 1 is 1.47 bits per heavy atom. The largest absolute Gasteiger partial charge is 0.389 e. The molecule has 2 heterocycles. The fourth-order valence-electron chi connectivity index (χ4n) is 2.22. The van der Waals surface area contributed by atoms with Crippen LogP contribution in [0.15, 0.2) is 0 Å². The lowest BCUT2D eigenvalue weighted by molar-refractivity contribution is -0.131. The third kappa shape index (κ3) is 1.64. The van der Waals surface area contributed by atoms with E-state index in [2.05, 4.69) is 0 Å². The molecule has 5 N–H and O–H groups in total. The van der Waals surface area contributed by atoms with Crippen LogP contribution < -0.4 is 5.73 Å². The zero-order chi connectivity index (χ0) is 11.2. The molecule has 0 aromatic carbocycles. The molecule has 7 heteroatoms. The Hall–Kier alpha value is -0.340. The number of aliphatic hydroxyl groups excluding tert-OH is 3. The summed E-state index contributed by atoms with van der Waals surface area (Å²) in [6.45, 7) is 0.637. The summed E-state index contributed by atoms with van der Waals surface area (Å²) in [7, 11) is 0. The topological polar surface area (TPSA) is 107 Å².